The maximum Gasteiger partial charge on any atom is 0.246 e. The predicted molar refractivity (Wildman–Crippen MR) is 80.7 cm³/mol. The molecule has 0 atom stereocenters. The summed E-state index contributed by atoms with van der Waals surface area (Å²) in [4.78, 5) is -0.371. The molecule has 0 amide bonds. The Morgan fingerprint density at radius 1 is 1.05 bits per heavy atom. The van der Waals surface area contributed by atoms with Gasteiger partial charge in [-0.1, -0.05) is 42.5 Å². The average molecular weight is 318 g/mol. The zero-order valence-electron chi connectivity index (χ0n) is 11.8. The standard InChI is InChI=1S/C16H15FN2O2S/c17-15-9-4-5-10-16(15)22(20,21)19(12-6-11-18)13-14-7-2-1-3-8-14/h1-5,7-10H,6,12-13H2. The molecule has 0 aliphatic carbocycles. The average Bonchev–Trinajstić information content (AvgIpc) is 2.52. The number of benzene rings is 2. The number of hydrogen-bond donors (Lipinski definition) is 0. The minimum atomic E-state index is -3.99. The van der Waals surface area contributed by atoms with E-state index in [4.69, 9.17) is 5.26 Å². The maximum atomic E-state index is 13.8. The molecule has 0 aromatic heterocycles. The molecular formula is C16H15FN2O2S. The first-order valence-corrected chi connectivity index (χ1v) is 8.15. The van der Waals surface area contributed by atoms with Crippen LogP contribution in [0.2, 0.25) is 0 Å². The number of hydrogen-bond acceptors (Lipinski definition) is 3. The molecule has 2 aromatic carbocycles. The topological polar surface area (TPSA) is 61.2 Å². The molecule has 0 aliphatic rings. The zero-order valence-corrected chi connectivity index (χ0v) is 12.6. The molecule has 6 heteroatoms. The molecule has 0 aliphatic heterocycles. The summed E-state index contributed by atoms with van der Waals surface area (Å²) in [6, 6.07) is 16.2. The number of halogens is 1. The first-order valence-electron chi connectivity index (χ1n) is 6.71. The number of nitrogens with zero attached hydrogens (tertiary/aromatic N) is 2. The fraction of sp³-hybridized carbons (Fsp3) is 0.188. The molecule has 22 heavy (non-hydrogen) atoms. The van der Waals surface area contributed by atoms with Gasteiger partial charge in [0.2, 0.25) is 10.0 Å². The van der Waals surface area contributed by atoms with Crippen LogP contribution in [0.25, 0.3) is 0 Å². The molecule has 0 fully saturated rings. The molecule has 0 bridgehead atoms. The van der Waals surface area contributed by atoms with Crippen LogP contribution < -0.4 is 0 Å². The summed E-state index contributed by atoms with van der Waals surface area (Å²) in [5, 5.41) is 8.73. The largest absolute Gasteiger partial charge is 0.246 e. The van der Waals surface area contributed by atoms with Crippen LogP contribution in [0.4, 0.5) is 4.39 Å². The third kappa shape index (κ3) is 3.70. The van der Waals surface area contributed by atoms with Crippen LogP contribution >= 0.6 is 0 Å². The van der Waals surface area contributed by atoms with Crippen LogP contribution in [0.1, 0.15) is 12.0 Å². The molecule has 0 radical (unpaired) electrons. The Bertz CT molecular complexity index is 770. The minimum absolute atomic E-state index is 0.0159. The van der Waals surface area contributed by atoms with Crippen molar-refractivity contribution < 1.29 is 12.8 Å². The Labute approximate surface area is 129 Å². The van der Waals surface area contributed by atoms with Gasteiger partial charge in [0.25, 0.3) is 0 Å². The lowest BCUT2D eigenvalue weighted by molar-refractivity contribution is 0.409. The van der Waals surface area contributed by atoms with E-state index in [9.17, 15) is 12.8 Å². The van der Waals surface area contributed by atoms with Crippen molar-refractivity contribution in [3.8, 4) is 6.07 Å². The van der Waals surface area contributed by atoms with Crippen molar-refractivity contribution in [2.24, 2.45) is 0 Å². The predicted octanol–water partition coefficient (Wildman–Crippen LogP) is 2.93. The van der Waals surface area contributed by atoms with Gasteiger partial charge in [-0.2, -0.15) is 9.57 Å². The normalized spacial score (nSPS) is 11.3. The third-order valence-corrected chi connectivity index (χ3v) is 5.01. The monoisotopic (exact) mass is 318 g/mol. The van der Waals surface area contributed by atoms with E-state index in [2.05, 4.69) is 0 Å². The summed E-state index contributed by atoms with van der Waals surface area (Å²) in [5.41, 5.74) is 0.778. The number of sulfonamides is 1. The van der Waals surface area contributed by atoms with Gasteiger partial charge in [-0.25, -0.2) is 12.8 Å². The molecule has 4 nitrogen and oxygen atoms in total. The second-order valence-corrected chi connectivity index (χ2v) is 6.57. The summed E-state index contributed by atoms with van der Waals surface area (Å²) in [6.45, 7) is 0.112. The van der Waals surface area contributed by atoms with Crippen molar-refractivity contribution in [2.75, 3.05) is 6.54 Å². The van der Waals surface area contributed by atoms with E-state index in [1.165, 1.54) is 18.2 Å². The van der Waals surface area contributed by atoms with Gasteiger partial charge in [0.15, 0.2) is 0 Å². The lowest BCUT2D eigenvalue weighted by Gasteiger charge is -2.21. The van der Waals surface area contributed by atoms with Crippen LogP contribution in [-0.2, 0) is 16.6 Å². The van der Waals surface area contributed by atoms with E-state index in [1.54, 1.807) is 24.3 Å². The fourth-order valence-corrected chi connectivity index (χ4v) is 3.53. The van der Waals surface area contributed by atoms with Crippen molar-refractivity contribution in [2.45, 2.75) is 17.9 Å². The highest BCUT2D eigenvalue weighted by Gasteiger charge is 2.27. The molecule has 0 saturated carbocycles. The summed E-state index contributed by atoms with van der Waals surface area (Å²) < 4.78 is 40.2. The minimum Gasteiger partial charge on any atom is -0.207 e. The smallest absolute Gasteiger partial charge is 0.207 e. The van der Waals surface area contributed by atoms with Crippen LogP contribution in [0.15, 0.2) is 59.5 Å². The van der Waals surface area contributed by atoms with Gasteiger partial charge >= 0.3 is 0 Å². The van der Waals surface area contributed by atoms with E-state index in [0.29, 0.717) is 0 Å². The van der Waals surface area contributed by atoms with E-state index in [0.717, 1.165) is 15.9 Å². The van der Waals surface area contributed by atoms with Crippen LogP contribution in [0.3, 0.4) is 0 Å². The molecule has 0 saturated heterocycles. The van der Waals surface area contributed by atoms with E-state index >= 15 is 0 Å². The van der Waals surface area contributed by atoms with Crippen LogP contribution in [0.5, 0.6) is 0 Å². The lowest BCUT2D eigenvalue weighted by atomic mass is 10.2. The SMILES string of the molecule is N#CCCN(Cc1ccccc1)S(=O)(=O)c1ccccc1F. The molecule has 0 N–H and O–H groups in total. The zero-order chi connectivity index (χ0) is 16.0. The van der Waals surface area contributed by atoms with Crippen molar-refractivity contribution in [3.63, 3.8) is 0 Å². The quantitative estimate of drug-likeness (QED) is 0.822. The van der Waals surface area contributed by atoms with Crippen LogP contribution in [0, 0.1) is 17.1 Å². The Hall–Kier alpha value is -2.23. The van der Waals surface area contributed by atoms with Crippen molar-refractivity contribution in [3.05, 3.63) is 66.0 Å². The molecule has 0 spiro atoms. The number of rotatable bonds is 6. The molecule has 2 aromatic rings. The number of nitriles is 1. The summed E-state index contributed by atoms with van der Waals surface area (Å²) in [6.07, 6.45) is 0.0422. The first kappa shape index (κ1) is 16.1. The van der Waals surface area contributed by atoms with E-state index in [1.807, 2.05) is 12.1 Å². The Balaban J connectivity index is 2.36. The van der Waals surface area contributed by atoms with Gasteiger partial charge in [0, 0.05) is 19.5 Å². The Morgan fingerprint density at radius 2 is 1.68 bits per heavy atom. The molecule has 2 rings (SSSR count). The molecule has 0 unspecified atom stereocenters. The van der Waals surface area contributed by atoms with Gasteiger partial charge < -0.3 is 0 Å². The summed E-state index contributed by atoms with van der Waals surface area (Å²) >= 11 is 0. The second-order valence-electron chi connectivity index (χ2n) is 4.66. The molecule has 0 heterocycles. The maximum absolute atomic E-state index is 13.8. The van der Waals surface area contributed by atoms with Crippen molar-refractivity contribution >= 4 is 10.0 Å². The van der Waals surface area contributed by atoms with Gasteiger partial charge in [-0.3, -0.25) is 0 Å². The van der Waals surface area contributed by atoms with Gasteiger partial charge in [-0.15, -0.1) is 0 Å². The highest BCUT2D eigenvalue weighted by molar-refractivity contribution is 7.89. The summed E-state index contributed by atoms with van der Waals surface area (Å²) in [5.74, 6) is -0.794. The fourth-order valence-electron chi connectivity index (χ4n) is 2.04. The second kappa shape index (κ2) is 7.16. The Morgan fingerprint density at radius 3 is 2.32 bits per heavy atom. The third-order valence-electron chi connectivity index (χ3n) is 3.13. The van der Waals surface area contributed by atoms with E-state index in [-0.39, 0.29) is 24.4 Å². The van der Waals surface area contributed by atoms with Gasteiger partial charge in [0.1, 0.15) is 10.7 Å². The van der Waals surface area contributed by atoms with Gasteiger partial charge in [0.05, 0.1) is 6.07 Å². The molecular weight excluding hydrogens is 303 g/mol. The molecule has 114 valence electrons. The van der Waals surface area contributed by atoms with Crippen LogP contribution in [-0.4, -0.2) is 19.3 Å². The lowest BCUT2D eigenvalue weighted by Crippen LogP contribution is -2.32. The van der Waals surface area contributed by atoms with E-state index < -0.39 is 15.8 Å². The Kier molecular flexibility index (Phi) is 5.26. The highest BCUT2D eigenvalue weighted by Crippen LogP contribution is 2.21. The first-order chi connectivity index (χ1) is 10.6. The van der Waals surface area contributed by atoms with Crippen molar-refractivity contribution in [1.29, 1.82) is 5.26 Å². The van der Waals surface area contributed by atoms with Crippen molar-refractivity contribution in [1.82, 2.24) is 4.31 Å². The highest BCUT2D eigenvalue weighted by atomic mass is 32.2. The van der Waals surface area contributed by atoms with Gasteiger partial charge in [-0.05, 0) is 17.7 Å². The summed E-state index contributed by atoms with van der Waals surface area (Å²) in [7, 11) is -3.99.